The Hall–Kier alpha value is -0.220. The minimum Gasteiger partial charge on any atom is -0.364 e. The summed E-state index contributed by atoms with van der Waals surface area (Å²) in [7, 11) is 0. The van der Waals surface area contributed by atoms with Gasteiger partial charge in [-0.3, -0.25) is 4.99 Å². The molecular weight excluding hydrogens is 194 g/mol. The van der Waals surface area contributed by atoms with Crippen LogP contribution in [0.1, 0.15) is 20.3 Å². The Morgan fingerprint density at radius 2 is 2.21 bits per heavy atom. The standard InChI is InChI=1S/C10H21N3S/c1-3-13(4-2)8-7-12-10-11-6-5-9-14-10/h3-9H2,1-2H3,(H,11,12). The monoisotopic (exact) mass is 215 g/mol. The summed E-state index contributed by atoms with van der Waals surface area (Å²) in [5, 5.41) is 4.53. The molecule has 1 aliphatic rings. The molecule has 3 nitrogen and oxygen atoms in total. The number of hydrogen-bond acceptors (Lipinski definition) is 4. The lowest BCUT2D eigenvalue weighted by molar-refractivity contribution is 0.308. The van der Waals surface area contributed by atoms with Gasteiger partial charge in [-0.15, -0.1) is 0 Å². The minimum atomic E-state index is 1.00. The van der Waals surface area contributed by atoms with Crippen molar-refractivity contribution >= 4 is 16.9 Å². The van der Waals surface area contributed by atoms with Gasteiger partial charge in [-0.1, -0.05) is 25.6 Å². The summed E-state index contributed by atoms with van der Waals surface area (Å²) in [5.41, 5.74) is 0. The number of nitrogens with zero attached hydrogens (tertiary/aromatic N) is 2. The van der Waals surface area contributed by atoms with Crippen molar-refractivity contribution in [3.8, 4) is 0 Å². The van der Waals surface area contributed by atoms with Crippen LogP contribution >= 0.6 is 11.8 Å². The Bertz CT molecular complexity index is 178. The molecule has 0 aromatic carbocycles. The van der Waals surface area contributed by atoms with E-state index < -0.39 is 0 Å². The van der Waals surface area contributed by atoms with Crippen LogP contribution in [-0.2, 0) is 0 Å². The fourth-order valence-corrected chi connectivity index (χ4v) is 2.28. The van der Waals surface area contributed by atoms with E-state index in [1.165, 1.54) is 12.2 Å². The number of rotatable bonds is 5. The van der Waals surface area contributed by atoms with Gasteiger partial charge in [0.25, 0.3) is 0 Å². The van der Waals surface area contributed by atoms with E-state index in [2.05, 4.69) is 29.1 Å². The Labute approximate surface area is 91.3 Å². The number of hydrogen-bond donors (Lipinski definition) is 1. The number of thioether (sulfide) groups is 1. The fraction of sp³-hybridized carbons (Fsp3) is 0.900. The van der Waals surface area contributed by atoms with Crippen LogP contribution in [0.3, 0.4) is 0 Å². The largest absolute Gasteiger partial charge is 0.364 e. The van der Waals surface area contributed by atoms with E-state index in [0.717, 1.165) is 37.9 Å². The molecule has 1 rings (SSSR count). The quantitative estimate of drug-likeness (QED) is 0.751. The van der Waals surface area contributed by atoms with Gasteiger partial charge in [0.1, 0.15) is 0 Å². The van der Waals surface area contributed by atoms with E-state index in [1.54, 1.807) is 0 Å². The van der Waals surface area contributed by atoms with Gasteiger partial charge in [-0.05, 0) is 19.5 Å². The number of aliphatic imine (C=N–C) groups is 1. The predicted molar refractivity (Wildman–Crippen MR) is 65.2 cm³/mol. The molecule has 0 saturated heterocycles. The lowest BCUT2D eigenvalue weighted by Gasteiger charge is -2.19. The first-order valence-electron chi connectivity index (χ1n) is 5.50. The molecule has 0 amide bonds. The van der Waals surface area contributed by atoms with E-state index in [-0.39, 0.29) is 0 Å². The van der Waals surface area contributed by atoms with Crippen LogP contribution in [0.2, 0.25) is 0 Å². The summed E-state index contributed by atoms with van der Waals surface area (Å²) in [6.45, 7) is 9.82. The second-order valence-corrected chi connectivity index (χ2v) is 4.43. The molecule has 82 valence electrons. The molecule has 0 unspecified atom stereocenters. The summed E-state index contributed by atoms with van der Waals surface area (Å²) in [5.74, 6) is 1.22. The lowest BCUT2D eigenvalue weighted by Crippen LogP contribution is -2.34. The summed E-state index contributed by atoms with van der Waals surface area (Å²) in [6.07, 6.45) is 1.23. The highest BCUT2D eigenvalue weighted by atomic mass is 32.2. The lowest BCUT2D eigenvalue weighted by atomic mass is 10.4. The molecule has 0 spiro atoms. The highest BCUT2D eigenvalue weighted by molar-refractivity contribution is 8.13. The van der Waals surface area contributed by atoms with Crippen molar-refractivity contribution in [2.45, 2.75) is 20.3 Å². The topological polar surface area (TPSA) is 27.6 Å². The molecule has 0 radical (unpaired) electrons. The van der Waals surface area contributed by atoms with Crippen molar-refractivity contribution in [1.29, 1.82) is 0 Å². The maximum absolute atomic E-state index is 4.43. The zero-order valence-corrected chi connectivity index (χ0v) is 10.1. The fourth-order valence-electron chi connectivity index (χ4n) is 1.43. The van der Waals surface area contributed by atoms with Crippen molar-refractivity contribution in [3.63, 3.8) is 0 Å². The first-order chi connectivity index (χ1) is 6.86. The van der Waals surface area contributed by atoms with Gasteiger partial charge in [0.05, 0.1) is 0 Å². The first-order valence-corrected chi connectivity index (χ1v) is 6.48. The molecule has 0 aromatic heterocycles. The highest BCUT2D eigenvalue weighted by Crippen LogP contribution is 2.09. The van der Waals surface area contributed by atoms with Crippen LogP contribution in [0.25, 0.3) is 0 Å². The molecule has 0 aromatic rings. The van der Waals surface area contributed by atoms with Crippen LogP contribution in [0.4, 0.5) is 0 Å². The molecule has 0 atom stereocenters. The molecule has 14 heavy (non-hydrogen) atoms. The molecule has 0 saturated carbocycles. The van der Waals surface area contributed by atoms with Gasteiger partial charge in [0, 0.05) is 25.4 Å². The summed E-state index contributed by atoms with van der Waals surface area (Å²) < 4.78 is 0. The van der Waals surface area contributed by atoms with Gasteiger partial charge in [-0.2, -0.15) is 0 Å². The summed E-state index contributed by atoms with van der Waals surface area (Å²) in [6, 6.07) is 0. The molecule has 0 bridgehead atoms. The first kappa shape index (κ1) is 11.9. The summed E-state index contributed by atoms with van der Waals surface area (Å²) >= 11 is 1.85. The maximum Gasteiger partial charge on any atom is 0.156 e. The molecule has 1 heterocycles. The Morgan fingerprint density at radius 1 is 1.43 bits per heavy atom. The predicted octanol–water partition coefficient (Wildman–Crippen LogP) is 1.41. The zero-order valence-electron chi connectivity index (χ0n) is 9.25. The van der Waals surface area contributed by atoms with Crippen molar-refractivity contribution in [2.24, 2.45) is 4.99 Å². The zero-order chi connectivity index (χ0) is 10.2. The Balaban J connectivity index is 2.10. The van der Waals surface area contributed by atoms with Gasteiger partial charge >= 0.3 is 0 Å². The third-order valence-electron chi connectivity index (χ3n) is 2.40. The Kier molecular flexibility index (Phi) is 6.03. The van der Waals surface area contributed by atoms with Crippen LogP contribution in [0, 0.1) is 0 Å². The van der Waals surface area contributed by atoms with Crippen molar-refractivity contribution in [1.82, 2.24) is 10.2 Å². The van der Waals surface area contributed by atoms with Gasteiger partial charge in [0.15, 0.2) is 5.17 Å². The molecule has 0 fully saturated rings. The third kappa shape index (κ3) is 4.33. The minimum absolute atomic E-state index is 1.00. The van der Waals surface area contributed by atoms with E-state index in [4.69, 9.17) is 0 Å². The van der Waals surface area contributed by atoms with Crippen molar-refractivity contribution < 1.29 is 0 Å². The maximum atomic E-state index is 4.43. The van der Waals surface area contributed by atoms with Gasteiger partial charge in [0.2, 0.25) is 0 Å². The molecule has 1 aliphatic heterocycles. The highest BCUT2D eigenvalue weighted by Gasteiger charge is 2.05. The third-order valence-corrected chi connectivity index (χ3v) is 3.43. The second kappa shape index (κ2) is 7.12. The summed E-state index contributed by atoms with van der Waals surface area (Å²) in [4.78, 5) is 6.85. The van der Waals surface area contributed by atoms with E-state index >= 15 is 0 Å². The second-order valence-electron chi connectivity index (χ2n) is 3.34. The smallest absolute Gasteiger partial charge is 0.156 e. The van der Waals surface area contributed by atoms with Crippen LogP contribution in [0.5, 0.6) is 0 Å². The van der Waals surface area contributed by atoms with E-state index in [1.807, 2.05) is 11.8 Å². The molecule has 1 N–H and O–H groups in total. The molecular formula is C10H21N3S. The SMILES string of the molecule is CCN(CC)CCNC1=NCCCS1. The van der Waals surface area contributed by atoms with E-state index in [0.29, 0.717) is 0 Å². The number of amidine groups is 1. The number of likely N-dealkylation sites (N-methyl/N-ethyl adjacent to an activating group) is 1. The van der Waals surface area contributed by atoms with Gasteiger partial charge < -0.3 is 10.2 Å². The van der Waals surface area contributed by atoms with Crippen LogP contribution in [-0.4, -0.2) is 48.5 Å². The average Bonchev–Trinajstić information content (AvgIpc) is 2.26. The average molecular weight is 215 g/mol. The van der Waals surface area contributed by atoms with Crippen molar-refractivity contribution in [2.75, 3.05) is 38.5 Å². The molecule has 0 aliphatic carbocycles. The van der Waals surface area contributed by atoms with E-state index in [9.17, 15) is 0 Å². The van der Waals surface area contributed by atoms with Crippen molar-refractivity contribution in [3.05, 3.63) is 0 Å². The normalized spacial score (nSPS) is 16.9. The van der Waals surface area contributed by atoms with Crippen LogP contribution in [0.15, 0.2) is 4.99 Å². The van der Waals surface area contributed by atoms with Crippen LogP contribution < -0.4 is 5.32 Å². The number of nitrogens with one attached hydrogen (secondary N) is 1. The van der Waals surface area contributed by atoms with Gasteiger partial charge in [-0.25, -0.2) is 0 Å². The Morgan fingerprint density at radius 3 is 2.79 bits per heavy atom. The molecule has 4 heteroatoms.